The average Bonchev–Trinajstić information content (AvgIpc) is 2.38. The largest absolute Gasteiger partial charge is 0.399 e. The van der Waals surface area contributed by atoms with Crippen molar-refractivity contribution in [3.8, 4) is 0 Å². The average molecular weight is 336 g/mol. The van der Waals surface area contributed by atoms with Gasteiger partial charge in [0.1, 0.15) is 0 Å². The van der Waals surface area contributed by atoms with Crippen molar-refractivity contribution < 1.29 is 4.79 Å². The maximum absolute atomic E-state index is 11.2. The van der Waals surface area contributed by atoms with E-state index in [4.69, 9.17) is 11.5 Å². The van der Waals surface area contributed by atoms with Crippen LogP contribution in [0.4, 0.5) is 11.6 Å². The fraction of sp³-hybridized carbons (Fsp3) is 0.154. The van der Waals surface area contributed by atoms with E-state index in [0.29, 0.717) is 18.2 Å². The van der Waals surface area contributed by atoms with E-state index in [9.17, 15) is 4.79 Å². The van der Waals surface area contributed by atoms with Crippen LogP contribution in [0.15, 0.2) is 41.1 Å². The van der Waals surface area contributed by atoms with Crippen molar-refractivity contribution >= 4 is 33.5 Å². The molecule has 4 N–H and O–H groups in total. The number of carbonyl (C=O) groups excluding carboxylic acids is 1. The summed E-state index contributed by atoms with van der Waals surface area (Å²) in [6.45, 7) is 0.492. The fourth-order valence-corrected chi connectivity index (χ4v) is 1.97. The van der Waals surface area contributed by atoms with Gasteiger partial charge < -0.3 is 16.4 Å². The summed E-state index contributed by atoms with van der Waals surface area (Å²) >= 11 is 3.27. The van der Waals surface area contributed by atoms with E-state index in [2.05, 4.69) is 25.9 Å². The molecule has 0 radical (unpaired) electrons. The standard InChI is InChI=1S/C13H14BrN5O/c14-10-5-17-13(18-6-10)19(8-12(16)20)7-9-2-1-3-11(15)4-9/h1-6H,7-8,15H2,(H2,16,20). The van der Waals surface area contributed by atoms with Crippen molar-refractivity contribution in [3.63, 3.8) is 0 Å². The van der Waals surface area contributed by atoms with Gasteiger partial charge in [-0.3, -0.25) is 4.79 Å². The van der Waals surface area contributed by atoms with Gasteiger partial charge in [-0.1, -0.05) is 12.1 Å². The minimum Gasteiger partial charge on any atom is -0.399 e. The molecule has 0 atom stereocenters. The van der Waals surface area contributed by atoms with Gasteiger partial charge in [-0.2, -0.15) is 0 Å². The van der Waals surface area contributed by atoms with Gasteiger partial charge in [0.2, 0.25) is 11.9 Å². The van der Waals surface area contributed by atoms with Crippen molar-refractivity contribution in [1.29, 1.82) is 0 Å². The van der Waals surface area contributed by atoms with Gasteiger partial charge in [0.15, 0.2) is 0 Å². The highest BCUT2D eigenvalue weighted by atomic mass is 79.9. The van der Waals surface area contributed by atoms with E-state index in [1.54, 1.807) is 23.4 Å². The smallest absolute Gasteiger partial charge is 0.237 e. The first-order valence-electron chi connectivity index (χ1n) is 5.90. The summed E-state index contributed by atoms with van der Waals surface area (Å²) in [5.74, 6) is -0.00477. The van der Waals surface area contributed by atoms with Crippen molar-refractivity contribution in [2.75, 3.05) is 17.2 Å². The number of halogens is 1. The van der Waals surface area contributed by atoms with Crippen molar-refractivity contribution in [2.45, 2.75) is 6.54 Å². The van der Waals surface area contributed by atoms with Crippen LogP contribution in [0.1, 0.15) is 5.56 Å². The maximum atomic E-state index is 11.2. The summed E-state index contributed by atoms with van der Waals surface area (Å²) in [5.41, 5.74) is 12.6. The van der Waals surface area contributed by atoms with Crippen molar-refractivity contribution in [2.24, 2.45) is 5.73 Å². The van der Waals surface area contributed by atoms with Gasteiger partial charge in [-0.05, 0) is 33.6 Å². The fourth-order valence-electron chi connectivity index (χ4n) is 1.77. The molecule has 20 heavy (non-hydrogen) atoms. The van der Waals surface area contributed by atoms with Gasteiger partial charge >= 0.3 is 0 Å². The molecule has 0 bridgehead atoms. The summed E-state index contributed by atoms with van der Waals surface area (Å²) in [6.07, 6.45) is 3.24. The molecule has 0 saturated carbocycles. The van der Waals surface area contributed by atoms with Crippen LogP contribution in [0.5, 0.6) is 0 Å². The molecule has 0 saturated heterocycles. The van der Waals surface area contributed by atoms with Gasteiger partial charge in [0.25, 0.3) is 0 Å². The van der Waals surface area contributed by atoms with Crippen molar-refractivity contribution in [3.05, 3.63) is 46.7 Å². The van der Waals surface area contributed by atoms with Crippen LogP contribution in [0.2, 0.25) is 0 Å². The van der Waals surface area contributed by atoms with E-state index >= 15 is 0 Å². The van der Waals surface area contributed by atoms with Crippen molar-refractivity contribution in [1.82, 2.24) is 9.97 Å². The van der Waals surface area contributed by atoms with Crippen LogP contribution in [-0.4, -0.2) is 22.4 Å². The summed E-state index contributed by atoms with van der Waals surface area (Å²) in [4.78, 5) is 21.3. The second-order valence-electron chi connectivity index (χ2n) is 4.27. The summed E-state index contributed by atoms with van der Waals surface area (Å²) in [5, 5.41) is 0. The number of hydrogen-bond donors (Lipinski definition) is 2. The summed E-state index contributed by atoms with van der Waals surface area (Å²) < 4.78 is 0.768. The van der Waals surface area contributed by atoms with E-state index < -0.39 is 5.91 Å². The Morgan fingerprint density at radius 2 is 2.00 bits per heavy atom. The Hall–Kier alpha value is -2.15. The molecule has 0 fully saturated rings. The minimum atomic E-state index is -0.444. The molecule has 0 aliphatic carbocycles. The number of aromatic nitrogens is 2. The molecule has 6 nitrogen and oxygen atoms in total. The normalized spacial score (nSPS) is 10.2. The lowest BCUT2D eigenvalue weighted by molar-refractivity contribution is -0.116. The third-order valence-electron chi connectivity index (χ3n) is 2.56. The predicted molar refractivity (Wildman–Crippen MR) is 80.8 cm³/mol. The van der Waals surface area contributed by atoms with E-state index in [1.807, 2.05) is 18.2 Å². The highest BCUT2D eigenvalue weighted by Gasteiger charge is 2.13. The van der Waals surface area contributed by atoms with Crippen LogP contribution >= 0.6 is 15.9 Å². The molecule has 0 aliphatic heterocycles. The van der Waals surface area contributed by atoms with Crippen LogP contribution < -0.4 is 16.4 Å². The lowest BCUT2D eigenvalue weighted by atomic mass is 10.2. The zero-order valence-electron chi connectivity index (χ0n) is 10.7. The molecule has 0 aliphatic rings. The Labute approximate surface area is 124 Å². The van der Waals surface area contributed by atoms with Crippen LogP contribution in [0.25, 0.3) is 0 Å². The minimum absolute atomic E-state index is 0.0381. The topological polar surface area (TPSA) is 98.1 Å². The number of hydrogen-bond acceptors (Lipinski definition) is 5. The first-order valence-corrected chi connectivity index (χ1v) is 6.69. The molecule has 1 aromatic carbocycles. The third-order valence-corrected chi connectivity index (χ3v) is 2.97. The first-order chi connectivity index (χ1) is 9.54. The summed E-state index contributed by atoms with van der Waals surface area (Å²) in [6, 6.07) is 7.42. The van der Waals surface area contributed by atoms with Gasteiger partial charge in [0.05, 0.1) is 11.0 Å². The predicted octanol–water partition coefficient (Wildman–Crippen LogP) is 1.31. The number of nitrogen functional groups attached to an aromatic ring is 1. The van der Waals surface area contributed by atoms with Crippen LogP contribution in [-0.2, 0) is 11.3 Å². The molecule has 0 spiro atoms. The zero-order valence-corrected chi connectivity index (χ0v) is 12.2. The van der Waals surface area contributed by atoms with Crippen LogP contribution in [0.3, 0.4) is 0 Å². The molecule has 1 aromatic heterocycles. The Balaban J connectivity index is 2.23. The second-order valence-corrected chi connectivity index (χ2v) is 5.18. The van der Waals surface area contributed by atoms with Gasteiger partial charge in [0, 0.05) is 24.6 Å². The molecule has 2 rings (SSSR count). The molecule has 104 valence electrons. The van der Waals surface area contributed by atoms with E-state index in [1.165, 1.54) is 0 Å². The number of nitrogens with two attached hydrogens (primary N) is 2. The number of nitrogens with zero attached hydrogens (tertiary/aromatic N) is 3. The molecule has 2 aromatic rings. The van der Waals surface area contributed by atoms with E-state index in [-0.39, 0.29) is 6.54 Å². The first kappa shape index (κ1) is 14.3. The highest BCUT2D eigenvalue weighted by molar-refractivity contribution is 9.10. The Kier molecular flexibility index (Phi) is 4.52. The number of carbonyl (C=O) groups is 1. The zero-order chi connectivity index (χ0) is 14.5. The molecular weight excluding hydrogens is 322 g/mol. The molecule has 1 heterocycles. The highest BCUT2D eigenvalue weighted by Crippen LogP contribution is 2.15. The van der Waals surface area contributed by atoms with Gasteiger partial charge in [-0.25, -0.2) is 9.97 Å². The van der Waals surface area contributed by atoms with Crippen LogP contribution in [0, 0.1) is 0 Å². The van der Waals surface area contributed by atoms with Gasteiger partial charge in [-0.15, -0.1) is 0 Å². The second kappa shape index (κ2) is 6.33. The third kappa shape index (κ3) is 3.92. The van der Waals surface area contributed by atoms with E-state index in [0.717, 1.165) is 10.0 Å². The SMILES string of the molecule is NC(=O)CN(Cc1cccc(N)c1)c1ncc(Br)cn1. The number of benzene rings is 1. The number of primary amides is 1. The monoisotopic (exact) mass is 335 g/mol. The quantitative estimate of drug-likeness (QED) is 0.803. The molecule has 0 unspecified atom stereocenters. The Morgan fingerprint density at radius 3 is 2.60 bits per heavy atom. The lowest BCUT2D eigenvalue weighted by Crippen LogP contribution is -2.34. The number of anilines is 2. The molecular formula is C13H14BrN5O. The Morgan fingerprint density at radius 1 is 1.30 bits per heavy atom. The Bertz CT molecular complexity index is 602. The maximum Gasteiger partial charge on any atom is 0.237 e. The molecule has 1 amide bonds. The molecule has 7 heteroatoms. The lowest BCUT2D eigenvalue weighted by Gasteiger charge is -2.21. The number of amides is 1. The number of rotatable bonds is 5. The summed E-state index contributed by atoms with van der Waals surface area (Å²) in [7, 11) is 0.